The molecule has 1 fully saturated rings. The molecule has 4 aromatic rings. The topological polar surface area (TPSA) is 125 Å². The van der Waals surface area contributed by atoms with Crippen LogP contribution in [-0.2, 0) is 4.79 Å². The summed E-state index contributed by atoms with van der Waals surface area (Å²) in [6, 6.07) is 17.3. The summed E-state index contributed by atoms with van der Waals surface area (Å²) >= 11 is 0. The maximum atomic E-state index is 12.4. The first-order valence-corrected chi connectivity index (χ1v) is 11.1. The molecule has 3 heterocycles. The first kappa shape index (κ1) is 21.6. The molecule has 1 aliphatic heterocycles. The van der Waals surface area contributed by atoms with E-state index in [1.165, 1.54) is 12.4 Å². The van der Waals surface area contributed by atoms with Crippen molar-refractivity contribution in [3.63, 3.8) is 0 Å². The van der Waals surface area contributed by atoms with E-state index in [-0.39, 0.29) is 11.9 Å². The standard InChI is InChI=1S/C25H25N7O2/c26-13-4-7-21(33)31-14-12-18(15-31)32-25-22(24(27)28-16-29-25)23(30-32)17-8-10-20(11-9-17)34-19-5-2-1-3-6-19/h1-11,16,18H,12-15,26H2,(H2,27,28,29)/b7-4+. The van der Waals surface area contributed by atoms with Crippen molar-refractivity contribution >= 4 is 22.8 Å². The van der Waals surface area contributed by atoms with Gasteiger partial charge in [-0.3, -0.25) is 4.79 Å². The highest BCUT2D eigenvalue weighted by atomic mass is 16.5. The lowest BCUT2D eigenvalue weighted by molar-refractivity contribution is -0.125. The zero-order chi connectivity index (χ0) is 23.5. The third-order valence-electron chi connectivity index (χ3n) is 5.84. The number of aromatic nitrogens is 4. The molecule has 0 radical (unpaired) electrons. The fraction of sp³-hybridized carbons (Fsp3) is 0.200. The number of fused-ring (bicyclic) bond motifs is 1. The van der Waals surface area contributed by atoms with Crippen molar-refractivity contribution < 1.29 is 9.53 Å². The van der Waals surface area contributed by atoms with Crippen LogP contribution < -0.4 is 16.2 Å². The normalized spacial score (nSPS) is 15.9. The minimum Gasteiger partial charge on any atom is -0.457 e. The molecule has 4 N–H and O–H groups in total. The lowest BCUT2D eigenvalue weighted by Crippen LogP contribution is -2.27. The molecule has 0 aliphatic carbocycles. The van der Waals surface area contributed by atoms with E-state index in [0.29, 0.717) is 42.2 Å². The molecule has 5 rings (SSSR count). The SMILES string of the molecule is NC/C=C/C(=O)N1CCC(n2nc(-c3ccc(Oc4ccccc4)cc3)c3c(N)ncnc32)C1. The van der Waals surface area contributed by atoms with Gasteiger partial charge in [-0.05, 0) is 42.8 Å². The molecule has 9 nitrogen and oxygen atoms in total. The molecule has 0 bridgehead atoms. The van der Waals surface area contributed by atoms with Gasteiger partial charge in [-0.25, -0.2) is 14.6 Å². The van der Waals surface area contributed by atoms with Crippen LogP contribution in [0.5, 0.6) is 11.5 Å². The lowest BCUT2D eigenvalue weighted by Gasteiger charge is -2.15. The number of carbonyl (C=O) groups excluding carboxylic acids is 1. The predicted octanol–water partition coefficient (Wildman–Crippen LogP) is 3.16. The Balaban J connectivity index is 1.45. The number of para-hydroxylation sites is 1. The minimum atomic E-state index is -0.0484. The van der Waals surface area contributed by atoms with Crippen molar-refractivity contribution in [1.29, 1.82) is 0 Å². The molecule has 1 aliphatic rings. The molecule has 2 aromatic heterocycles. The van der Waals surface area contributed by atoms with Crippen LogP contribution in [0.25, 0.3) is 22.3 Å². The number of hydrogen-bond donors (Lipinski definition) is 2. The molecular weight excluding hydrogens is 430 g/mol. The molecule has 1 atom stereocenters. The van der Waals surface area contributed by atoms with Crippen molar-refractivity contribution in [1.82, 2.24) is 24.6 Å². The molecule has 0 saturated carbocycles. The molecule has 2 aromatic carbocycles. The van der Waals surface area contributed by atoms with Crippen LogP contribution >= 0.6 is 0 Å². The zero-order valence-corrected chi connectivity index (χ0v) is 18.5. The molecule has 1 saturated heterocycles. The van der Waals surface area contributed by atoms with E-state index in [1.54, 1.807) is 11.0 Å². The number of nitrogens with two attached hydrogens (primary N) is 2. The van der Waals surface area contributed by atoms with E-state index in [9.17, 15) is 4.79 Å². The molecule has 0 spiro atoms. The average molecular weight is 456 g/mol. The van der Waals surface area contributed by atoms with Gasteiger partial charge in [-0.15, -0.1) is 0 Å². The van der Waals surface area contributed by atoms with E-state index >= 15 is 0 Å². The fourth-order valence-corrected chi connectivity index (χ4v) is 4.17. The number of nitrogen functional groups attached to an aromatic ring is 1. The van der Waals surface area contributed by atoms with Crippen LogP contribution in [0.3, 0.4) is 0 Å². The highest BCUT2D eigenvalue weighted by Gasteiger charge is 2.30. The number of rotatable bonds is 6. The third-order valence-corrected chi connectivity index (χ3v) is 5.84. The largest absolute Gasteiger partial charge is 0.457 e. The minimum absolute atomic E-state index is 0.0125. The average Bonchev–Trinajstić information content (AvgIpc) is 3.50. The Labute approximate surface area is 196 Å². The van der Waals surface area contributed by atoms with Crippen molar-refractivity contribution in [2.75, 3.05) is 25.4 Å². The van der Waals surface area contributed by atoms with Gasteiger partial charge in [0, 0.05) is 31.3 Å². The molecule has 34 heavy (non-hydrogen) atoms. The highest BCUT2D eigenvalue weighted by molar-refractivity contribution is 5.98. The quantitative estimate of drug-likeness (QED) is 0.428. The highest BCUT2D eigenvalue weighted by Crippen LogP contribution is 2.35. The monoisotopic (exact) mass is 455 g/mol. The second-order valence-corrected chi connectivity index (χ2v) is 8.06. The van der Waals surface area contributed by atoms with Crippen molar-refractivity contribution in [2.24, 2.45) is 5.73 Å². The summed E-state index contributed by atoms with van der Waals surface area (Å²) in [7, 11) is 0. The summed E-state index contributed by atoms with van der Waals surface area (Å²) in [6.45, 7) is 1.51. The fourth-order valence-electron chi connectivity index (χ4n) is 4.17. The number of anilines is 1. The summed E-state index contributed by atoms with van der Waals surface area (Å²) < 4.78 is 7.78. The van der Waals surface area contributed by atoms with Crippen LogP contribution in [0, 0.1) is 0 Å². The summed E-state index contributed by atoms with van der Waals surface area (Å²) in [6.07, 6.45) is 5.40. The van der Waals surface area contributed by atoms with Crippen LogP contribution in [0.2, 0.25) is 0 Å². The van der Waals surface area contributed by atoms with Crippen molar-refractivity contribution in [3.05, 3.63) is 73.1 Å². The predicted molar refractivity (Wildman–Crippen MR) is 130 cm³/mol. The molecule has 172 valence electrons. The Bertz CT molecular complexity index is 1330. The van der Waals surface area contributed by atoms with Crippen LogP contribution in [-0.4, -0.2) is 50.2 Å². The van der Waals surface area contributed by atoms with Crippen LogP contribution in [0.1, 0.15) is 12.5 Å². The number of ether oxygens (including phenoxy) is 1. The van der Waals surface area contributed by atoms with Crippen LogP contribution in [0.15, 0.2) is 73.1 Å². The molecule has 1 unspecified atom stereocenters. The molecule has 1 amide bonds. The Morgan fingerprint density at radius 2 is 1.85 bits per heavy atom. The van der Waals surface area contributed by atoms with Crippen LogP contribution in [0.4, 0.5) is 5.82 Å². The van der Waals surface area contributed by atoms with E-state index in [0.717, 1.165) is 23.5 Å². The maximum Gasteiger partial charge on any atom is 0.246 e. The Morgan fingerprint density at radius 1 is 1.09 bits per heavy atom. The van der Waals surface area contributed by atoms with Gasteiger partial charge in [0.15, 0.2) is 5.65 Å². The first-order chi connectivity index (χ1) is 16.6. The number of hydrogen-bond acceptors (Lipinski definition) is 7. The first-order valence-electron chi connectivity index (χ1n) is 11.1. The third kappa shape index (κ3) is 4.20. The summed E-state index contributed by atoms with van der Waals surface area (Å²) in [5.41, 5.74) is 14.0. The maximum absolute atomic E-state index is 12.4. The number of likely N-dealkylation sites (tertiary alicyclic amines) is 1. The Kier molecular flexibility index (Phi) is 5.92. The van der Waals surface area contributed by atoms with E-state index in [1.807, 2.05) is 59.3 Å². The smallest absolute Gasteiger partial charge is 0.246 e. The molecule has 9 heteroatoms. The number of carbonyl (C=O) groups is 1. The van der Waals surface area contributed by atoms with Gasteiger partial charge in [-0.2, -0.15) is 5.10 Å². The number of nitrogens with zero attached hydrogens (tertiary/aromatic N) is 5. The summed E-state index contributed by atoms with van der Waals surface area (Å²) in [5, 5.41) is 5.59. The van der Waals surface area contributed by atoms with E-state index < -0.39 is 0 Å². The van der Waals surface area contributed by atoms with Gasteiger partial charge < -0.3 is 21.1 Å². The van der Waals surface area contributed by atoms with Crippen molar-refractivity contribution in [2.45, 2.75) is 12.5 Å². The molecular formula is C25H25N7O2. The van der Waals surface area contributed by atoms with Gasteiger partial charge in [0.25, 0.3) is 0 Å². The van der Waals surface area contributed by atoms with E-state index in [4.69, 9.17) is 21.3 Å². The number of amides is 1. The Hall–Kier alpha value is -4.24. The van der Waals surface area contributed by atoms with Gasteiger partial charge in [-0.1, -0.05) is 24.3 Å². The second-order valence-electron chi connectivity index (χ2n) is 8.06. The number of benzene rings is 2. The van der Waals surface area contributed by atoms with Gasteiger partial charge in [0.05, 0.1) is 11.4 Å². The van der Waals surface area contributed by atoms with Gasteiger partial charge in [0.1, 0.15) is 29.3 Å². The van der Waals surface area contributed by atoms with Gasteiger partial charge in [0.2, 0.25) is 5.91 Å². The summed E-state index contributed by atoms with van der Waals surface area (Å²) in [4.78, 5) is 22.8. The second kappa shape index (κ2) is 9.32. The zero-order valence-electron chi connectivity index (χ0n) is 18.5. The van der Waals surface area contributed by atoms with E-state index in [2.05, 4.69) is 9.97 Å². The summed E-state index contributed by atoms with van der Waals surface area (Å²) in [5.74, 6) is 1.81. The van der Waals surface area contributed by atoms with Crippen molar-refractivity contribution in [3.8, 4) is 22.8 Å². The Morgan fingerprint density at radius 3 is 2.62 bits per heavy atom. The van der Waals surface area contributed by atoms with Gasteiger partial charge >= 0.3 is 0 Å². The lowest BCUT2D eigenvalue weighted by atomic mass is 10.1.